The zero-order valence-electron chi connectivity index (χ0n) is 21.4. The standard InChI is InChI=1S/C26H39N5O4S/c1-15-10-18(17-6-4-5-7-21(17)35-3)19(11-27-15)24(33)29-26-28-20-13-31(14-22(20)36-26)25(34)16-8-9-23(32)30(2)12-16/h8-9,12,15,17-22,26-28H,4-7,10-11,13-14H2,1-3H3,(H,29,33). The molecule has 3 aliphatic heterocycles. The highest BCUT2D eigenvalue weighted by atomic mass is 32.2. The van der Waals surface area contributed by atoms with E-state index in [9.17, 15) is 14.4 Å². The minimum absolute atomic E-state index is 0.0617. The predicted octanol–water partition coefficient (Wildman–Crippen LogP) is 1.13. The molecule has 0 spiro atoms. The van der Waals surface area contributed by atoms with Crippen molar-refractivity contribution in [2.75, 3.05) is 26.7 Å². The van der Waals surface area contributed by atoms with Gasteiger partial charge in [-0.3, -0.25) is 19.7 Å². The molecule has 0 aromatic carbocycles. The van der Waals surface area contributed by atoms with Gasteiger partial charge in [-0.05, 0) is 44.1 Å². The summed E-state index contributed by atoms with van der Waals surface area (Å²) in [5.41, 5.74) is 0.243. The molecule has 9 nitrogen and oxygen atoms in total. The Morgan fingerprint density at radius 1 is 1.17 bits per heavy atom. The zero-order valence-corrected chi connectivity index (χ0v) is 22.3. The van der Waals surface area contributed by atoms with E-state index >= 15 is 0 Å². The number of ether oxygens (including phenoxy) is 1. The number of carbonyl (C=O) groups excluding carboxylic acids is 2. The molecule has 4 fully saturated rings. The Balaban J connectivity index is 1.18. The number of fused-ring (bicyclic) bond motifs is 1. The third-order valence-electron chi connectivity index (χ3n) is 8.61. The van der Waals surface area contributed by atoms with Crippen LogP contribution in [0.3, 0.4) is 0 Å². The van der Waals surface area contributed by atoms with Gasteiger partial charge < -0.3 is 24.8 Å². The van der Waals surface area contributed by atoms with Crippen molar-refractivity contribution in [2.45, 2.75) is 68.0 Å². The third-order valence-corrected chi connectivity index (χ3v) is 9.96. The van der Waals surface area contributed by atoms with Gasteiger partial charge in [0.25, 0.3) is 5.91 Å². The molecule has 10 heteroatoms. The Morgan fingerprint density at radius 3 is 2.72 bits per heavy atom. The fourth-order valence-corrected chi connectivity index (χ4v) is 8.07. The summed E-state index contributed by atoms with van der Waals surface area (Å²) in [6, 6.07) is 3.57. The first-order valence-corrected chi connectivity index (χ1v) is 14.2. The fraction of sp³-hybridized carbons (Fsp3) is 0.731. The lowest BCUT2D eigenvalue weighted by Gasteiger charge is -2.44. The Morgan fingerprint density at radius 2 is 1.97 bits per heavy atom. The third kappa shape index (κ3) is 5.23. The number of methoxy groups -OCH3 is 1. The van der Waals surface area contributed by atoms with Crippen LogP contribution in [0, 0.1) is 17.8 Å². The minimum Gasteiger partial charge on any atom is -0.381 e. The van der Waals surface area contributed by atoms with E-state index in [0.717, 1.165) is 19.3 Å². The average Bonchev–Trinajstić information content (AvgIpc) is 3.44. The van der Waals surface area contributed by atoms with E-state index in [1.54, 1.807) is 31.1 Å². The van der Waals surface area contributed by atoms with Crippen LogP contribution in [0.15, 0.2) is 23.1 Å². The molecule has 8 atom stereocenters. The van der Waals surface area contributed by atoms with Gasteiger partial charge in [0.05, 0.1) is 17.6 Å². The number of aromatic nitrogens is 1. The van der Waals surface area contributed by atoms with Crippen molar-refractivity contribution in [2.24, 2.45) is 24.8 Å². The number of nitrogens with zero attached hydrogens (tertiary/aromatic N) is 2. The van der Waals surface area contributed by atoms with Crippen LogP contribution in [0.1, 0.15) is 49.4 Å². The van der Waals surface area contributed by atoms with E-state index in [2.05, 4.69) is 22.9 Å². The average molecular weight is 518 g/mol. The van der Waals surface area contributed by atoms with E-state index < -0.39 is 0 Å². The van der Waals surface area contributed by atoms with Gasteiger partial charge in [0, 0.05) is 63.4 Å². The van der Waals surface area contributed by atoms with Crippen LogP contribution >= 0.6 is 11.8 Å². The molecule has 5 rings (SSSR count). The Bertz CT molecular complexity index is 1020. The van der Waals surface area contributed by atoms with E-state index in [1.165, 1.54) is 23.5 Å². The summed E-state index contributed by atoms with van der Waals surface area (Å²) in [6.07, 6.45) is 7.50. The van der Waals surface area contributed by atoms with Gasteiger partial charge in [0.15, 0.2) is 0 Å². The summed E-state index contributed by atoms with van der Waals surface area (Å²) in [5, 5.41) is 10.6. The highest BCUT2D eigenvalue weighted by molar-refractivity contribution is 8.00. The molecule has 1 aromatic rings. The molecule has 0 radical (unpaired) electrons. The second-order valence-electron chi connectivity index (χ2n) is 11.0. The summed E-state index contributed by atoms with van der Waals surface area (Å²) < 4.78 is 7.29. The maximum absolute atomic E-state index is 13.5. The number of hydrogen-bond acceptors (Lipinski definition) is 7. The van der Waals surface area contributed by atoms with Gasteiger partial charge in [-0.2, -0.15) is 0 Å². The predicted molar refractivity (Wildman–Crippen MR) is 140 cm³/mol. The maximum Gasteiger partial charge on any atom is 0.255 e. The van der Waals surface area contributed by atoms with E-state index in [0.29, 0.717) is 43.1 Å². The summed E-state index contributed by atoms with van der Waals surface area (Å²) in [7, 11) is 3.46. The number of likely N-dealkylation sites (tertiary alicyclic amines) is 1. The highest BCUT2D eigenvalue weighted by Crippen LogP contribution is 2.40. The molecule has 8 unspecified atom stereocenters. The lowest BCUT2D eigenvalue weighted by Crippen LogP contribution is -2.55. The second-order valence-corrected chi connectivity index (χ2v) is 12.3. The van der Waals surface area contributed by atoms with Crippen molar-refractivity contribution < 1.29 is 14.3 Å². The molecular formula is C26H39N5O4S. The molecule has 4 heterocycles. The summed E-state index contributed by atoms with van der Waals surface area (Å²) >= 11 is 1.70. The molecule has 3 N–H and O–H groups in total. The Hall–Kier alpha value is -1.88. The van der Waals surface area contributed by atoms with Crippen LogP contribution < -0.4 is 21.5 Å². The van der Waals surface area contributed by atoms with Gasteiger partial charge in [-0.25, -0.2) is 0 Å². The van der Waals surface area contributed by atoms with Crippen molar-refractivity contribution >= 4 is 23.6 Å². The molecule has 2 amide bonds. The van der Waals surface area contributed by atoms with Crippen LogP contribution in [0.4, 0.5) is 0 Å². The van der Waals surface area contributed by atoms with Crippen molar-refractivity contribution in [1.29, 1.82) is 0 Å². The summed E-state index contributed by atoms with van der Waals surface area (Å²) in [4.78, 5) is 40.0. The van der Waals surface area contributed by atoms with Gasteiger partial charge in [-0.1, -0.05) is 12.8 Å². The number of rotatable bonds is 5. The highest BCUT2D eigenvalue weighted by Gasteiger charge is 2.46. The Labute approximate surface area is 217 Å². The number of thioether (sulfide) groups is 1. The minimum atomic E-state index is -0.146. The van der Waals surface area contributed by atoms with E-state index in [-0.39, 0.29) is 46.2 Å². The van der Waals surface area contributed by atoms with Gasteiger partial charge in [0.1, 0.15) is 5.50 Å². The molecule has 1 aromatic heterocycles. The lowest BCUT2D eigenvalue weighted by molar-refractivity contribution is -0.130. The topological polar surface area (TPSA) is 105 Å². The number of hydrogen-bond donors (Lipinski definition) is 3. The van der Waals surface area contributed by atoms with Crippen molar-refractivity contribution in [3.05, 3.63) is 34.2 Å². The molecule has 1 saturated carbocycles. The van der Waals surface area contributed by atoms with E-state index in [1.807, 2.05) is 12.0 Å². The molecule has 1 aliphatic carbocycles. The number of aryl methyl sites for hydroxylation is 1. The Kier molecular flexibility index (Phi) is 7.76. The van der Waals surface area contributed by atoms with E-state index in [4.69, 9.17) is 4.74 Å². The van der Waals surface area contributed by atoms with Gasteiger partial charge in [0.2, 0.25) is 11.5 Å². The first-order valence-electron chi connectivity index (χ1n) is 13.3. The monoisotopic (exact) mass is 517 g/mol. The fourth-order valence-electron chi connectivity index (χ4n) is 6.66. The molecule has 0 bridgehead atoms. The van der Waals surface area contributed by atoms with Crippen molar-refractivity contribution in [3.8, 4) is 0 Å². The SMILES string of the molecule is COC1CCCCC1C1CC(C)NCC1C(=O)NC1NC2CN(C(=O)c3ccc(=O)n(C)c3)CC2S1. The van der Waals surface area contributed by atoms with Gasteiger partial charge in [-0.15, -0.1) is 11.8 Å². The molecule has 4 aliphatic rings. The zero-order chi connectivity index (χ0) is 25.4. The summed E-state index contributed by atoms with van der Waals surface area (Å²) in [6.45, 7) is 4.13. The number of piperidine rings is 1. The summed E-state index contributed by atoms with van der Waals surface area (Å²) in [5.74, 6) is 0.751. The lowest BCUT2D eigenvalue weighted by atomic mass is 9.68. The van der Waals surface area contributed by atoms with Crippen LogP contribution in [-0.2, 0) is 16.6 Å². The largest absolute Gasteiger partial charge is 0.381 e. The number of amides is 2. The molecule has 3 saturated heterocycles. The molecular weight excluding hydrogens is 478 g/mol. The quantitative estimate of drug-likeness (QED) is 0.538. The number of pyridine rings is 1. The normalized spacial score (nSPS) is 36.5. The first-order chi connectivity index (χ1) is 17.3. The van der Waals surface area contributed by atoms with Gasteiger partial charge >= 0.3 is 0 Å². The second kappa shape index (κ2) is 10.8. The van der Waals surface area contributed by atoms with Crippen molar-refractivity contribution in [1.82, 2.24) is 25.4 Å². The first kappa shape index (κ1) is 25.8. The smallest absolute Gasteiger partial charge is 0.255 e. The maximum atomic E-state index is 13.5. The van der Waals surface area contributed by atoms with Crippen molar-refractivity contribution in [3.63, 3.8) is 0 Å². The molecule has 36 heavy (non-hydrogen) atoms. The van der Waals surface area contributed by atoms with Crippen LogP contribution in [0.25, 0.3) is 0 Å². The number of nitrogens with one attached hydrogen (secondary N) is 3. The van der Waals surface area contributed by atoms with Crippen LogP contribution in [-0.4, -0.2) is 77.0 Å². The molecule has 198 valence electrons. The van der Waals surface area contributed by atoms with Crippen LogP contribution in [0.5, 0.6) is 0 Å². The van der Waals surface area contributed by atoms with Crippen LogP contribution in [0.2, 0.25) is 0 Å². The number of carbonyl (C=O) groups is 2.